The second-order valence-electron chi connectivity index (χ2n) is 5.37. The van der Waals surface area contributed by atoms with Gasteiger partial charge in [-0.2, -0.15) is 0 Å². The van der Waals surface area contributed by atoms with E-state index in [0.717, 1.165) is 24.9 Å². The lowest BCUT2D eigenvalue weighted by Crippen LogP contribution is -2.51. The van der Waals surface area contributed by atoms with Gasteiger partial charge in [0.05, 0.1) is 6.04 Å². The van der Waals surface area contributed by atoms with Gasteiger partial charge in [-0.1, -0.05) is 25.1 Å². The number of likely N-dealkylation sites (N-methyl/N-ethyl adjacent to an activating group) is 1. The molecule has 0 radical (unpaired) electrons. The standard InChI is InChI=1S/C15H22N2O2/c1-11-6-5-9-16-14(11)15(19)17(2)10-12-7-3-4-8-13(12)18/h3-4,7-8,11,14,16,18H,5-6,9-10H2,1-2H3. The molecule has 1 aliphatic heterocycles. The number of piperidine rings is 1. The van der Waals surface area contributed by atoms with Crippen LogP contribution in [0.3, 0.4) is 0 Å². The van der Waals surface area contributed by atoms with E-state index in [9.17, 15) is 9.90 Å². The van der Waals surface area contributed by atoms with E-state index >= 15 is 0 Å². The number of rotatable bonds is 3. The highest BCUT2D eigenvalue weighted by Gasteiger charge is 2.29. The van der Waals surface area contributed by atoms with Gasteiger partial charge in [-0.3, -0.25) is 4.79 Å². The van der Waals surface area contributed by atoms with Gasteiger partial charge in [0.15, 0.2) is 0 Å². The number of hydrogen-bond acceptors (Lipinski definition) is 3. The first-order valence-electron chi connectivity index (χ1n) is 6.85. The summed E-state index contributed by atoms with van der Waals surface area (Å²) in [6.45, 7) is 3.46. The van der Waals surface area contributed by atoms with Crippen molar-refractivity contribution in [2.45, 2.75) is 32.4 Å². The fraction of sp³-hybridized carbons (Fsp3) is 0.533. The fourth-order valence-corrected chi connectivity index (χ4v) is 2.60. The van der Waals surface area contributed by atoms with Crippen molar-refractivity contribution in [1.82, 2.24) is 10.2 Å². The first-order valence-corrected chi connectivity index (χ1v) is 6.85. The molecule has 0 aliphatic carbocycles. The molecule has 1 heterocycles. The number of para-hydroxylation sites is 1. The summed E-state index contributed by atoms with van der Waals surface area (Å²) < 4.78 is 0. The predicted octanol–water partition coefficient (Wildman–Crippen LogP) is 1.74. The third-order valence-electron chi connectivity index (χ3n) is 3.81. The molecule has 1 fully saturated rings. The quantitative estimate of drug-likeness (QED) is 0.872. The minimum atomic E-state index is -0.0930. The summed E-state index contributed by atoms with van der Waals surface area (Å²) in [5.74, 6) is 0.718. The van der Waals surface area contributed by atoms with Crippen LogP contribution in [-0.2, 0) is 11.3 Å². The first-order chi connectivity index (χ1) is 9.09. The van der Waals surface area contributed by atoms with E-state index in [1.165, 1.54) is 0 Å². The highest BCUT2D eigenvalue weighted by Crippen LogP contribution is 2.20. The van der Waals surface area contributed by atoms with Crippen LogP contribution in [0.15, 0.2) is 24.3 Å². The van der Waals surface area contributed by atoms with Crippen LogP contribution in [0.2, 0.25) is 0 Å². The molecule has 1 saturated heterocycles. The average Bonchev–Trinajstić information content (AvgIpc) is 2.41. The Morgan fingerprint density at radius 2 is 2.21 bits per heavy atom. The maximum absolute atomic E-state index is 12.4. The Labute approximate surface area is 114 Å². The zero-order valence-electron chi connectivity index (χ0n) is 11.6. The van der Waals surface area contributed by atoms with Crippen molar-refractivity contribution >= 4 is 5.91 Å². The SMILES string of the molecule is CC1CCCNC1C(=O)N(C)Cc1ccccc1O. The molecule has 1 aliphatic rings. The molecule has 104 valence electrons. The number of nitrogens with one attached hydrogen (secondary N) is 1. The zero-order chi connectivity index (χ0) is 13.8. The zero-order valence-corrected chi connectivity index (χ0v) is 11.6. The summed E-state index contributed by atoms with van der Waals surface area (Å²) in [4.78, 5) is 14.1. The molecule has 1 amide bonds. The van der Waals surface area contributed by atoms with Crippen molar-refractivity contribution in [3.63, 3.8) is 0 Å². The molecule has 2 unspecified atom stereocenters. The molecule has 0 spiro atoms. The van der Waals surface area contributed by atoms with Crippen LogP contribution >= 0.6 is 0 Å². The van der Waals surface area contributed by atoms with Crippen LogP contribution in [-0.4, -0.2) is 35.5 Å². The van der Waals surface area contributed by atoms with Crippen molar-refractivity contribution in [2.75, 3.05) is 13.6 Å². The molecule has 1 aromatic rings. The highest BCUT2D eigenvalue weighted by atomic mass is 16.3. The summed E-state index contributed by atoms with van der Waals surface area (Å²) in [6.07, 6.45) is 2.22. The van der Waals surface area contributed by atoms with E-state index in [0.29, 0.717) is 12.5 Å². The van der Waals surface area contributed by atoms with E-state index in [1.807, 2.05) is 12.1 Å². The second kappa shape index (κ2) is 6.06. The Kier molecular flexibility index (Phi) is 4.43. The van der Waals surface area contributed by atoms with Gasteiger partial charge < -0.3 is 15.3 Å². The molecular formula is C15H22N2O2. The monoisotopic (exact) mass is 262 g/mol. The summed E-state index contributed by atoms with van der Waals surface area (Å²) in [5, 5.41) is 13.0. The van der Waals surface area contributed by atoms with Crippen LogP contribution in [0.1, 0.15) is 25.3 Å². The van der Waals surface area contributed by atoms with E-state index in [2.05, 4.69) is 12.2 Å². The van der Waals surface area contributed by atoms with Gasteiger partial charge in [-0.15, -0.1) is 0 Å². The van der Waals surface area contributed by atoms with Gasteiger partial charge in [0.1, 0.15) is 5.75 Å². The number of hydrogen-bond donors (Lipinski definition) is 2. The van der Waals surface area contributed by atoms with Crippen molar-refractivity contribution in [3.05, 3.63) is 29.8 Å². The fourth-order valence-electron chi connectivity index (χ4n) is 2.60. The summed E-state index contributed by atoms with van der Waals surface area (Å²) >= 11 is 0. The molecule has 0 saturated carbocycles. The van der Waals surface area contributed by atoms with Crippen LogP contribution < -0.4 is 5.32 Å². The third kappa shape index (κ3) is 3.26. The number of benzene rings is 1. The molecular weight excluding hydrogens is 240 g/mol. The topological polar surface area (TPSA) is 52.6 Å². The lowest BCUT2D eigenvalue weighted by Gasteiger charge is -2.32. The van der Waals surface area contributed by atoms with Crippen molar-refractivity contribution < 1.29 is 9.90 Å². The van der Waals surface area contributed by atoms with Crippen LogP contribution in [0.4, 0.5) is 0 Å². The van der Waals surface area contributed by atoms with Gasteiger partial charge in [0.25, 0.3) is 0 Å². The molecule has 19 heavy (non-hydrogen) atoms. The van der Waals surface area contributed by atoms with Crippen molar-refractivity contribution in [2.24, 2.45) is 5.92 Å². The summed E-state index contributed by atoms with van der Waals surface area (Å²) in [5.41, 5.74) is 0.779. The number of phenolic OH excluding ortho intramolecular Hbond substituents is 1. The van der Waals surface area contributed by atoms with Gasteiger partial charge in [-0.25, -0.2) is 0 Å². The maximum atomic E-state index is 12.4. The van der Waals surface area contributed by atoms with E-state index < -0.39 is 0 Å². The Balaban J connectivity index is 2.01. The van der Waals surface area contributed by atoms with Crippen LogP contribution in [0, 0.1) is 5.92 Å². The summed E-state index contributed by atoms with van der Waals surface area (Å²) in [7, 11) is 1.79. The minimum absolute atomic E-state index is 0.0930. The van der Waals surface area contributed by atoms with Crippen LogP contribution in [0.5, 0.6) is 5.75 Å². The van der Waals surface area contributed by atoms with Crippen molar-refractivity contribution in [1.29, 1.82) is 0 Å². The number of nitrogens with zero attached hydrogens (tertiary/aromatic N) is 1. The van der Waals surface area contributed by atoms with E-state index in [-0.39, 0.29) is 17.7 Å². The lowest BCUT2D eigenvalue weighted by atomic mass is 9.92. The van der Waals surface area contributed by atoms with Crippen molar-refractivity contribution in [3.8, 4) is 5.75 Å². The molecule has 2 rings (SSSR count). The number of carbonyl (C=O) groups is 1. The molecule has 4 heteroatoms. The second-order valence-corrected chi connectivity index (χ2v) is 5.37. The van der Waals surface area contributed by atoms with Gasteiger partial charge in [-0.05, 0) is 31.4 Å². The molecule has 2 atom stereocenters. The van der Waals surface area contributed by atoms with E-state index in [4.69, 9.17) is 0 Å². The Morgan fingerprint density at radius 1 is 1.47 bits per heavy atom. The Morgan fingerprint density at radius 3 is 2.89 bits per heavy atom. The smallest absolute Gasteiger partial charge is 0.240 e. The molecule has 1 aromatic carbocycles. The third-order valence-corrected chi connectivity index (χ3v) is 3.81. The number of carbonyl (C=O) groups excluding carboxylic acids is 1. The number of aromatic hydroxyl groups is 1. The minimum Gasteiger partial charge on any atom is -0.508 e. The predicted molar refractivity (Wildman–Crippen MR) is 74.8 cm³/mol. The molecule has 4 nitrogen and oxygen atoms in total. The van der Waals surface area contributed by atoms with Gasteiger partial charge in [0.2, 0.25) is 5.91 Å². The Hall–Kier alpha value is -1.55. The largest absolute Gasteiger partial charge is 0.508 e. The normalized spacial score (nSPS) is 23.1. The summed E-state index contributed by atoms with van der Waals surface area (Å²) in [6, 6.07) is 7.05. The lowest BCUT2D eigenvalue weighted by molar-refractivity contribution is -0.134. The molecule has 2 N–H and O–H groups in total. The first kappa shape index (κ1) is 13.9. The average molecular weight is 262 g/mol. The van der Waals surface area contributed by atoms with Gasteiger partial charge in [0, 0.05) is 19.2 Å². The van der Waals surface area contributed by atoms with Gasteiger partial charge >= 0.3 is 0 Å². The maximum Gasteiger partial charge on any atom is 0.240 e. The highest BCUT2D eigenvalue weighted by molar-refractivity contribution is 5.82. The molecule has 0 bridgehead atoms. The van der Waals surface area contributed by atoms with Crippen LogP contribution in [0.25, 0.3) is 0 Å². The van der Waals surface area contributed by atoms with E-state index in [1.54, 1.807) is 24.1 Å². The Bertz CT molecular complexity index is 448. The molecule has 0 aromatic heterocycles. The number of amides is 1. The number of phenols is 1.